The highest BCUT2D eigenvalue weighted by Gasteiger charge is 2.27. The Bertz CT molecular complexity index is 626. The van der Waals surface area contributed by atoms with E-state index in [4.69, 9.17) is 9.47 Å². The molecule has 1 aromatic heterocycles. The Morgan fingerprint density at radius 3 is 2.71 bits per heavy atom. The number of aryl methyl sites for hydroxylation is 1. The quantitative estimate of drug-likeness (QED) is 0.578. The van der Waals surface area contributed by atoms with Crippen molar-refractivity contribution < 1.29 is 9.47 Å². The van der Waals surface area contributed by atoms with E-state index in [2.05, 4.69) is 39.1 Å². The van der Waals surface area contributed by atoms with Crippen LogP contribution in [0.5, 0.6) is 0 Å². The first-order valence-corrected chi connectivity index (χ1v) is 10.4. The van der Waals surface area contributed by atoms with Crippen LogP contribution in [0, 0.1) is 5.92 Å². The number of rotatable bonds is 6. The highest BCUT2D eigenvalue weighted by Crippen LogP contribution is 2.21. The zero-order chi connectivity index (χ0) is 19.9. The smallest absolute Gasteiger partial charge is 0.193 e. The lowest BCUT2D eigenvalue weighted by molar-refractivity contribution is -0.00865. The van der Waals surface area contributed by atoms with Crippen molar-refractivity contribution in [2.45, 2.75) is 32.4 Å². The maximum Gasteiger partial charge on any atom is 0.193 e. The molecule has 2 fully saturated rings. The van der Waals surface area contributed by atoms with Crippen LogP contribution in [0.2, 0.25) is 0 Å². The summed E-state index contributed by atoms with van der Waals surface area (Å²) in [5, 5.41) is 7.91. The highest BCUT2D eigenvalue weighted by molar-refractivity contribution is 5.80. The monoisotopic (exact) mass is 392 g/mol. The Labute approximate surface area is 168 Å². The lowest BCUT2D eigenvalue weighted by atomic mass is 10.0. The molecule has 0 spiro atoms. The number of guanidine groups is 1. The lowest BCUT2D eigenvalue weighted by Crippen LogP contribution is -2.53. The van der Waals surface area contributed by atoms with Gasteiger partial charge in [0.25, 0.3) is 0 Å². The summed E-state index contributed by atoms with van der Waals surface area (Å²) in [6.45, 7) is 11.5. The molecule has 2 aliphatic rings. The van der Waals surface area contributed by atoms with E-state index in [1.54, 1.807) is 0 Å². The summed E-state index contributed by atoms with van der Waals surface area (Å²) in [5.74, 6) is 1.62. The zero-order valence-corrected chi connectivity index (χ0v) is 17.8. The summed E-state index contributed by atoms with van der Waals surface area (Å²) in [4.78, 5) is 9.41. The number of hydrogen-bond acceptors (Lipinski definition) is 5. The minimum absolute atomic E-state index is 0.0340. The van der Waals surface area contributed by atoms with Gasteiger partial charge < -0.3 is 19.7 Å². The van der Waals surface area contributed by atoms with Gasteiger partial charge in [0.15, 0.2) is 5.96 Å². The number of ether oxygens (including phenoxy) is 2. The molecule has 2 aliphatic heterocycles. The molecule has 2 saturated heterocycles. The summed E-state index contributed by atoms with van der Waals surface area (Å²) in [7, 11) is 3.80. The Morgan fingerprint density at radius 1 is 1.29 bits per heavy atom. The summed E-state index contributed by atoms with van der Waals surface area (Å²) in [6, 6.07) is 0.496. The van der Waals surface area contributed by atoms with Crippen LogP contribution >= 0.6 is 0 Å². The summed E-state index contributed by atoms with van der Waals surface area (Å²) >= 11 is 0. The van der Waals surface area contributed by atoms with E-state index in [-0.39, 0.29) is 6.10 Å². The molecule has 0 amide bonds. The Kier molecular flexibility index (Phi) is 7.70. The Balaban J connectivity index is 1.58. The molecule has 3 rings (SSSR count). The molecule has 8 heteroatoms. The number of nitrogens with zero attached hydrogens (tertiary/aromatic N) is 5. The van der Waals surface area contributed by atoms with Crippen molar-refractivity contribution in [2.75, 3.05) is 59.6 Å². The van der Waals surface area contributed by atoms with Gasteiger partial charge in [-0.2, -0.15) is 5.10 Å². The molecule has 158 valence electrons. The molecule has 1 aromatic rings. The molecule has 0 saturated carbocycles. The van der Waals surface area contributed by atoms with Crippen molar-refractivity contribution >= 4 is 5.96 Å². The summed E-state index contributed by atoms with van der Waals surface area (Å²) in [6.07, 6.45) is 5.13. The van der Waals surface area contributed by atoms with Crippen molar-refractivity contribution in [1.29, 1.82) is 0 Å². The maximum atomic E-state index is 5.98. The second-order valence-electron chi connectivity index (χ2n) is 8.11. The largest absolute Gasteiger partial charge is 0.379 e. The van der Waals surface area contributed by atoms with Crippen molar-refractivity contribution in [2.24, 2.45) is 18.0 Å². The van der Waals surface area contributed by atoms with Gasteiger partial charge in [0, 0.05) is 58.1 Å². The molecule has 0 bridgehead atoms. The fourth-order valence-electron chi connectivity index (χ4n) is 4.04. The predicted molar refractivity (Wildman–Crippen MR) is 110 cm³/mol. The summed E-state index contributed by atoms with van der Waals surface area (Å²) < 4.78 is 13.3. The topological polar surface area (TPSA) is 67.2 Å². The second kappa shape index (κ2) is 10.2. The van der Waals surface area contributed by atoms with E-state index in [1.165, 1.54) is 6.42 Å². The van der Waals surface area contributed by atoms with Crippen molar-refractivity contribution in [1.82, 2.24) is 24.9 Å². The van der Waals surface area contributed by atoms with E-state index in [0.29, 0.717) is 18.6 Å². The first-order chi connectivity index (χ1) is 13.6. The predicted octanol–water partition coefficient (Wildman–Crippen LogP) is 1.12. The van der Waals surface area contributed by atoms with Gasteiger partial charge in [-0.15, -0.1) is 0 Å². The van der Waals surface area contributed by atoms with Crippen LogP contribution in [0.15, 0.2) is 17.4 Å². The first kappa shape index (κ1) is 21.1. The van der Waals surface area contributed by atoms with E-state index in [1.807, 2.05) is 31.2 Å². The second-order valence-corrected chi connectivity index (χ2v) is 8.11. The fourth-order valence-corrected chi connectivity index (χ4v) is 4.04. The van der Waals surface area contributed by atoms with Crippen LogP contribution in [0.3, 0.4) is 0 Å². The molecule has 28 heavy (non-hydrogen) atoms. The highest BCUT2D eigenvalue weighted by atomic mass is 16.5. The van der Waals surface area contributed by atoms with E-state index in [0.717, 1.165) is 57.5 Å². The van der Waals surface area contributed by atoms with Crippen LogP contribution in [-0.2, 0) is 16.5 Å². The van der Waals surface area contributed by atoms with Crippen LogP contribution in [0.25, 0.3) is 0 Å². The van der Waals surface area contributed by atoms with Gasteiger partial charge in [-0.3, -0.25) is 14.6 Å². The molecular formula is C20H36N6O2. The third kappa shape index (κ3) is 5.68. The van der Waals surface area contributed by atoms with E-state index < -0.39 is 0 Å². The molecule has 2 unspecified atom stereocenters. The minimum atomic E-state index is 0.0340. The van der Waals surface area contributed by atoms with Crippen molar-refractivity contribution in [3.63, 3.8) is 0 Å². The Hall–Kier alpha value is -1.64. The molecule has 0 radical (unpaired) electrons. The number of nitrogens with one attached hydrogen (secondary N) is 1. The van der Waals surface area contributed by atoms with Gasteiger partial charge >= 0.3 is 0 Å². The maximum absolute atomic E-state index is 5.98. The first-order valence-electron chi connectivity index (χ1n) is 10.4. The van der Waals surface area contributed by atoms with Gasteiger partial charge in [0.05, 0.1) is 32.6 Å². The van der Waals surface area contributed by atoms with Crippen LogP contribution in [0.4, 0.5) is 0 Å². The number of aliphatic imine (C=N–C) groups is 1. The van der Waals surface area contributed by atoms with Gasteiger partial charge in [-0.1, -0.05) is 13.8 Å². The van der Waals surface area contributed by atoms with Gasteiger partial charge in [0.1, 0.15) is 6.10 Å². The standard InChI is InChI=1S/C20H36N6O2/c1-16(2)11-18(25-5-8-27-9-6-25)13-22-20(21-3)26-7-10-28-19(15-26)17-12-23-24(4)14-17/h12,14,16,18-19H,5-11,13,15H2,1-4H3,(H,21,22). The van der Waals surface area contributed by atoms with Crippen molar-refractivity contribution in [3.8, 4) is 0 Å². The molecule has 1 N–H and O–H groups in total. The molecule has 2 atom stereocenters. The van der Waals surface area contributed by atoms with Crippen LogP contribution in [-0.4, -0.2) is 91.2 Å². The third-order valence-corrected chi connectivity index (χ3v) is 5.48. The lowest BCUT2D eigenvalue weighted by Gasteiger charge is -2.38. The number of hydrogen-bond donors (Lipinski definition) is 1. The zero-order valence-electron chi connectivity index (χ0n) is 17.8. The van der Waals surface area contributed by atoms with Crippen LogP contribution < -0.4 is 5.32 Å². The van der Waals surface area contributed by atoms with E-state index >= 15 is 0 Å². The normalized spacial score (nSPS) is 23.2. The fraction of sp³-hybridized carbons (Fsp3) is 0.800. The van der Waals surface area contributed by atoms with Gasteiger partial charge in [-0.05, 0) is 12.3 Å². The number of aromatic nitrogens is 2. The number of morpholine rings is 2. The van der Waals surface area contributed by atoms with E-state index in [9.17, 15) is 0 Å². The average molecular weight is 393 g/mol. The molecule has 0 aromatic carbocycles. The van der Waals surface area contributed by atoms with Gasteiger partial charge in [0.2, 0.25) is 0 Å². The molecular weight excluding hydrogens is 356 g/mol. The third-order valence-electron chi connectivity index (χ3n) is 5.48. The van der Waals surface area contributed by atoms with Crippen molar-refractivity contribution in [3.05, 3.63) is 18.0 Å². The average Bonchev–Trinajstić information content (AvgIpc) is 3.14. The SMILES string of the molecule is CN=C(NCC(CC(C)C)N1CCOCC1)N1CCOC(c2cnn(C)c2)C1. The molecule has 8 nitrogen and oxygen atoms in total. The Morgan fingerprint density at radius 2 is 2.07 bits per heavy atom. The molecule has 0 aliphatic carbocycles. The minimum Gasteiger partial charge on any atom is -0.379 e. The van der Waals surface area contributed by atoms with Gasteiger partial charge in [-0.25, -0.2) is 0 Å². The molecule has 3 heterocycles. The van der Waals surface area contributed by atoms with Crippen LogP contribution in [0.1, 0.15) is 31.9 Å². The summed E-state index contributed by atoms with van der Waals surface area (Å²) in [5.41, 5.74) is 1.12.